The van der Waals surface area contributed by atoms with Gasteiger partial charge in [0.2, 0.25) is 0 Å². The zero-order valence-corrected chi connectivity index (χ0v) is 24.7. The molecule has 0 aromatic rings. The van der Waals surface area contributed by atoms with E-state index in [-0.39, 0.29) is 37.2 Å². The number of hydrogen-bond donors (Lipinski definition) is 10. The van der Waals surface area contributed by atoms with Gasteiger partial charge < -0.3 is 0 Å². The summed E-state index contributed by atoms with van der Waals surface area (Å²) in [5.74, 6) is -8.25. The molecule has 0 aliphatic heterocycles. The van der Waals surface area contributed by atoms with Crippen LogP contribution in [0.4, 0.5) is 0 Å². The molecule has 0 saturated carbocycles. The number of carbonyl (C=O) groups is 8. The molecule has 18 nitrogen and oxygen atoms in total. The van der Waals surface area contributed by atoms with Crippen molar-refractivity contribution < 1.29 is 58.8 Å². The van der Waals surface area contributed by atoms with Gasteiger partial charge in [0.25, 0.3) is 0 Å². The van der Waals surface area contributed by atoms with Crippen molar-refractivity contribution in [2.24, 2.45) is 11.5 Å². The van der Waals surface area contributed by atoms with E-state index in [1.165, 1.54) is 20.4 Å². The van der Waals surface area contributed by atoms with Gasteiger partial charge in [-0.2, -0.15) is 0 Å². The zero-order valence-electron chi connectivity index (χ0n) is 21.4. The maximum absolute atomic E-state index is 12.4. The number of rotatable bonds is 22. The third-order valence-electron chi connectivity index (χ3n) is 4.70. The molecule has 0 aromatic heterocycles. The second kappa shape index (κ2) is 20.7. The number of hydrogen-bond acceptors (Lipinski definition) is 12. The molecule has 0 radical (unpaired) electrons. The molecule has 0 bridgehead atoms. The number of carboxylic acids is 4. The van der Waals surface area contributed by atoms with E-state index in [1.54, 1.807) is 0 Å². The summed E-state index contributed by atoms with van der Waals surface area (Å²) in [6.07, 6.45) is -0.996. The SMILES string of the molecule is N[C@@H](CCC(=O)NC(CS[Se]SCC(NC(=O)CC[C@H](N)C(=O)O)C(=O)NCC(=O)O)C(=O)NCC(=O)O)C(=O)O. The van der Waals surface area contributed by atoms with Crippen molar-refractivity contribution in [2.75, 3.05) is 24.6 Å². The Balaban J connectivity index is 5.05. The first-order valence-electron chi connectivity index (χ1n) is 11.6. The van der Waals surface area contributed by atoms with Crippen molar-refractivity contribution in [3.63, 3.8) is 0 Å². The van der Waals surface area contributed by atoms with E-state index in [0.29, 0.717) is 0 Å². The molecular formula is C20H32N6O12S2Se. The van der Waals surface area contributed by atoms with E-state index in [4.69, 9.17) is 31.9 Å². The van der Waals surface area contributed by atoms with Crippen LogP contribution in [0.3, 0.4) is 0 Å². The van der Waals surface area contributed by atoms with E-state index in [1.807, 2.05) is 0 Å². The Labute approximate surface area is 246 Å². The molecule has 4 atom stereocenters. The van der Waals surface area contributed by atoms with E-state index in [2.05, 4.69) is 21.3 Å². The van der Waals surface area contributed by atoms with Crippen LogP contribution >= 0.6 is 20.4 Å². The first kappa shape index (κ1) is 37.9. The van der Waals surface area contributed by atoms with E-state index in [0.717, 1.165) is 0 Å². The Bertz CT molecular complexity index is 901. The van der Waals surface area contributed by atoms with E-state index >= 15 is 0 Å². The number of carbonyl (C=O) groups excluding carboxylic acids is 4. The average Bonchev–Trinajstić information content (AvgIpc) is 2.89. The number of carboxylic acid groups (broad SMARTS) is 4. The van der Waals surface area contributed by atoms with Gasteiger partial charge in [-0.1, -0.05) is 0 Å². The van der Waals surface area contributed by atoms with Crippen molar-refractivity contribution in [3.05, 3.63) is 0 Å². The number of aliphatic carboxylic acids is 4. The van der Waals surface area contributed by atoms with Crippen LogP contribution < -0.4 is 32.7 Å². The van der Waals surface area contributed by atoms with E-state index < -0.39 is 97.5 Å². The van der Waals surface area contributed by atoms with Gasteiger partial charge in [0.15, 0.2) is 0 Å². The Morgan fingerprint density at radius 2 is 0.976 bits per heavy atom. The third-order valence-corrected chi connectivity index (χ3v) is 11.8. The van der Waals surface area contributed by atoms with E-state index in [9.17, 15) is 38.4 Å². The van der Waals surface area contributed by atoms with Gasteiger partial charge in [-0.25, -0.2) is 0 Å². The molecule has 0 aliphatic rings. The van der Waals surface area contributed by atoms with Gasteiger partial charge in [-0.3, -0.25) is 0 Å². The summed E-state index contributed by atoms with van der Waals surface area (Å²) >= 11 is -0.427. The Hall–Kier alpha value is -3.10. The second-order valence-electron chi connectivity index (χ2n) is 8.07. The molecule has 0 saturated heterocycles. The first-order valence-corrected chi connectivity index (χ1v) is 17.6. The van der Waals surface area contributed by atoms with Gasteiger partial charge in [-0.05, 0) is 0 Å². The molecule has 0 spiro atoms. The van der Waals surface area contributed by atoms with Crippen molar-refractivity contribution in [2.45, 2.75) is 49.9 Å². The predicted octanol–water partition coefficient (Wildman–Crippen LogP) is -4.26. The topological polar surface area (TPSA) is 318 Å². The molecule has 0 aliphatic carbocycles. The molecule has 0 heterocycles. The Morgan fingerprint density at radius 3 is 1.27 bits per heavy atom. The fraction of sp³-hybridized carbons (Fsp3) is 0.600. The van der Waals surface area contributed by atoms with Crippen LogP contribution in [0.2, 0.25) is 0 Å². The fourth-order valence-corrected chi connectivity index (χ4v) is 9.07. The minimum atomic E-state index is -1.32. The third kappa shape index (κ3) is 18.8. The number of nitrogens with one attached hydrogen (secondary N) is 4. The minimum absolute atomic E-state index is 0.0233. The summed E-state index contributed by atoms with van der Waals surface area (Å²) in [6, 6.07) is -4.93. The number of amides is 4. The van der Waals surface area contributed by atoms with Gasteiger partial charge in [0.1, 0.15) is 0 Å². The van der Waals surface area contributed by atoms with Crippen LogP contribution in [0.1, 0.15) is 25.7 Å². The molecule has 232 valence electrons. The summed E-state index contributed by atoms with van der Waals surface area (Å²) < 4.78 is 0. The average molecular weight is 692 g/mol. The molecule has 12 N–H and O–H groups in total. The molecule has 41 heavy (non-hydrogen) atoms. The molecular weight excluding hydrogens is 659 g/mol. The van der Waals surface area contributed by atoms with Gasteiger partial charge in [0, 0.05) is 0 Å². The van der Waals surface area contributed by atoms with Crippen LogP contribution in [0.25, 0.3) is 0 Å². The Morgan fingerprint density at radius 1 is 0.634 bits per heavy atom. The van der Waals surface area contributed by atoms with Crippen LogP contribution in [0, 0.1) is 0 Å². The van der Waals surface area contributed by atoms with Crippen LogP contribution in [-0.2, 0) is 38.4 Å². The number of nitrogens with two attached hydrogens (primary N) is 2. The molecule has 2 unspecified atom stereocenters. The summed E-state index contributed by atoms with van der Waals surface area (Å²) in [6.45, 7) is -1.41. The zero-order chi connectivity index (χ0) is 31.5. The summed E-state index contributed by atoms with van der Waals surface area (Å²) in [5.41, 5.74) is 10.7. The second-order valence-corrected chi connectivity index (χ2v) is 15.3. The molecule has 0 fully saturated rings. The monoisotopic (exact) mass is 692 g/mol. The maximum atomic E-state index is 12.4. The fourth-order valence-electron chi connectivity index (χ4n) is 2.52. The summed E-state index contributed by atoms with van der Waals surface area (Å²) in [7, 11) is 2.33. The van der Waals surface area contributed by atoms with Crippen LogP contribution in [-0.4, -0.2) is 129 Å². The molecule has 4 amide bonds. The van der Waals surface area contributed by atoms with Crippen molar-refractivity contribution in [1.82, 2.24) is 21.3 Å². The van der Waals surface area contributed by atoms with Crippen molar-refractivity contribution in [3.8, 4) is 0 Å². The quantitative estimate of drug-likeness (QED) is 0.0379. The van der Waals surface area contributed by atoms with Gasteiger partial charge in [0.05, 0.1) is 0 Å². The summed E-state index contributed by atoms with van der Waals surface area (Å²) in [4.78, 5) is 92.3. The van der Waals surface area contributed by atoms with Gasteiger partial charge in [-0.15, -0.1) is 0 Å². The van der Waals surface area contributed by atoms with Crippen LogP contribution in [0.5, 0.6) is 0 Å². The summed E-state index contributed by atoms with van der Waals surface area (Å²) in [5, 5.41) is 44.3. The standard InChI is InChI=1S/C20H32N6O12S2Se/c21-9(19(35)36)1-3-13(27)25-11(17(33)23-5-15(29)30)7-39-41-40-8-12(18(34)24-6-16(31)32)26-14(28)4-2-10(22)20(37)38/h9-12H,1-8,21-22H2,(H,23,33)(H,24,34)(H,25,27)(H,26,28)(H,29,30)(H,31,32)(H,35,36)(H,37,38)/t9-,10-,11?,12?/m0/s1. The normalized spacial score (nSPS) is 13.5. The predicted molar refractivity (Wildman–Crippen MR) is 146 cm³/mol. The van der Waals surface area contributed by atoms with Crippen molar-refractivity contribution >= 4 is 80.6 Å². The van der Waals surface area contributed by atoms with Crippen LogP contribution in [0.15, 0.2) is 0 Å². The molecule has 0 rings (SSSR count). The Kier molecular flexibility index (Phi) is 19.2. The van der Waals surface area contributed by atoms with Crippen molar-refractivity contribution in [1.29, 1.82) is 0 Å². The first-order chi connectivity index (χ1) is 19.1. The molecule has 0 aromatic carbocycles. The van der Waals surface area contributed by atoms with Gasteiger partial charge >= 0.3 is 247 Å². The molecule has 21 heteroatoms.